The molecule has 0 bridgehead atoms. The number of hydrogen-bond donors (Lipinski definition) is 1. The second-order valence-electron chi connectivity index (χ2n) is 10.9. The van der Waals surface area contributed by atoms with Crippen molar-refractivity contribution >= 4 is 24.2 Å². The number of carbonyl (C=O) groups excluding carboxylic acids is 2. The number of carbonyl (C=O) groups is 2. The summed E-state index contributed by atoms with van der Waals surface area (Å²) in [4.78, 5) is 31.1. The Hall–Kier alpha value is -2.84. The number of rotatable bonds is 9. The highest BCUT2D eigenvalue weighted by atomic mass is 35.5. The van der Waals surface area contributed by atoms with Crippen LogP contribution in [0.3, 0.4) is 0 Å². The first-order chi connectivity index (χ1) is 17.7. The number of unbranched alkanes of at least 4 members (excludes halogenated alkanes) is 1. The van der Waals surface area contributed by atoms with Crippen molar-refractivity contribution in [3.63, 3.8) is 0 Å². The van der Waals surface area contributed by atoms with E-state index < -0.39 is 11.6 Å². The second-order valence-corrected chi connectivity index (χ2v) is 10.9. The zero-order valence-corrected chi connectivity index (χ0v) is 23.8. The molecule has 0 unspecified atom stereocenters. The number of hydrogen-bond acceptors (Lipinski definition) is 5. The molecule has 2 amide bonds. The van der Waals surface area contributed by atoms with E-state index in [1.807, 2.05) is 29.2 Å². The fraction of sp³-hybridized carbons (Fsp3) is 0.552. The maximum absolute atomic E-state index is 13.4. The molecule has 2 aromatic rings. The molecule has 4 rings (SSSR count). The van der Waals surface area contributed by atoms with Crippen LogP contribution in [0.15, 0.2) is 42.6 Å². The number of ether oxygens (including phenoxy) is 1. The molecule has 0 aliphatic carbocycles. The van der Waals surface area contributed by atoms with Gasteiger partial charge in [0.15, 0.2) is 11.4 Å². The molecule has 2 saturated heterocycles. The minimum atomic E-state index is -0.736. The predicted molar refractivity (Wildman–Crippen MR) is 149 cm³/mol. The lowest BCUT2D eigenvalue weighted by molar-refractivity contribution is -0.612. The molecule has 8 nitrogen and oxygen atoms in total. The average Bonchev–Trinajstić information content (AvgIpc) is 2.87. The average molecular weight is 545 g/mol. The summed E-state index contributed by atoms with van der Waals surface area (Å²) in [7, 11) is 0. The summed E-state index contributed by atoms with van der Waals surface area (Å²) in [5, 5.41) is 14.8. The minimum Gasteiger partial charge on any atom is -0.618 e. The van der Waals surface area contributed by atoms with Gasteiger partial charge in [-0.1, -0.05) is 39.3 Å². The first-order valence-corrected chi connectivity index (χ1v) is 13.5. The van der Waals surface area contributed by atoms with Crippen molar-refractivity contribution in [1.29, 1.82) is 0 Å². The van der Waals surface area contributed by atoms with Crippen molar-refractivity contribution in [3.8, 4) is 11.5 Å². The van der Waals surface area contributed by atoms with E-state index in [1.54, 1.807) is 19.1 Å². The molecule has 1 N–H and O–H groups in total. The van der Waals surface area contributed by atoms with Crippen molar-refractivity contribution in [2.75, 3.05) is 19.6 Å². The lowest BCUT2D eigenvalue weighted by Crippen LogP contribution is -2.73. The van der Waals surface area contributed by atoms with Gasteiger partial charge in [0, 0.05) is 39.2 Å². The van der Waals surface area contributed by atoms with E-state index in [9.17, 15) is 14.8 Å². The Balaban J connectivity index is 0.00000400. The molecular weight excluding hydrogens is 504 g/mol. The van der Waals surface area contributed by atoms with Crippen LogP contribution in [0.25, 0.3) is 0 Å². The highest BCUT2D eigenvalue weighted by Crippen LogP contribution is 2.35. The molecule has 1 aromatic heterocycles. The summed E-state index contributed by atoms with van der Waals surface area (Å²) in [5.74, 6) is 1.62. The van der Waals surface area contributed by atoms with Crippen LogP contribution in [0.5, 0.6) is 11.5 Å². The number of piperidine rings is 1. The summed E-state index contributed by atoms with van der Waals surface area (Å²) in [6, 6.07) is 11.0. The number of pyridine rings is 1. The fourth-order valence-electron chi connectivity index (χ4n) is 5.38. The van der Waals surface area contributed by atoms with Gasteiger partial charge in [0.05, 0.1) is 0 Å². The third-order valence-corrected chi connectivity index (χ3v) is 7.58. The van der Waals surface area contributed by atoms with Gasteiger partial charge in [-0.3, -0.25) is 14.5 Å². The van der Waals surface area contributed by atoms with Crippen LogP contribution in [0.2, 0.25) is 0 Å². The number of benzene rings is 1. The molecule has 208 valence electrons. The van der Waals surface area contributed by atoms with Crippen LogP contribution in [-0.4, -0.2) is 52.8 Å². The Labute approximate surface area is 232 Å². The van der Waals surface area contributed by atoms with Gasteiger partial charge in [-0.2, -0.15) is 4.73 Å². The molecule has 9 heteroatoms. The molecule has 3 heterocycles. The number of aromatic nitrogens is 1. The maximum atomic E-state index is 13.4. The van der Waals surface area contributed by atoms with E-state index >= 15 is 0 Å². The summed E-state index contributed by atoms with van der Waals surface area (Å²) in [6.45, 7) is 11.0. The number of piperazine rings is 1. The van der Waals surface area contributed by atoms with Gasteiger partial charge in [0.2, 0.25) is 18.0 Å². The fourth-order valence-corrected chi connectivity index (χ4v) is 5.38. The zero-order chi connectivity index (χ0) is 26.6. The van der Waals surface area contributed by atoms with E-state index in [0.717, 1.165) is 42.8 Å². The zero-order valence-electron chi connectivity index (χ0n) is 22.9. The molecule has 1 atom stereocenters. The number of nitrogens with one attached hydrogen (secondary N) is 1. The number of aryl methyl sites for hydroxylation is 1. The largest absolute Gasteiger partial charge is 0.618 e. The third kappa shape index (κ3) is 6.59. The van der Waals surface area contributed by atoms with Crippen LogP contribution < -0.4 is 14.8 Å². The highest BCUT2D eigenvalue weighted by molar-refractivity contribution is 6.00. The van der Waals surface area contributed by atoms with Crippen molar-refractivity contribution in [2.24, 2.45) is 5.92 Å². The first kappa shape index (κ1) is 29.7. The number of likely N-dealkylation sites (tertiary alicyclic amines) is 1. The molecule has 0 saturated carbocycles. The molecule has 1 spiro atoms. The SMILES string of the molecule is CCCCN1C(=O)[C@H](CC(C)C)NC(=O)C12CCN(Cc1ccc(Oc3ccc(C)[n+]([O-])c3)cc1)CC2.Cl. The predicted octanol–water partition coefficient (Wildman–Crippen LogP) is 4.35. The van der Waals surface area contributed by atoms with E-state index in [0.29, 0.717) is 48.9 Å². The molecular formula is C29H41ClN4O4. The second kappa shape index (κ2) is 12.8. The Morgan fingerprint density at radius 3 is 2.37 bits per heavy atom. The number of halogens is 1. The van der Waals surface area contributed by atoms with Gasteiger partial charge in [-0.15, -0.1) is 12.4 Å². The van der Waals surface area contributed by atoms with Crippen molar-refractivity contribution in [2.45, 2.75) is 77.9 Å². The van der Waals surface area contributed by atoms with E-state index in [-0.39, 0.29) is 24.2 Å². The van der Waals surface area contributed by atoms with Crippen LogP contribution >= 0.6 is 12.4 Å². The normalized spacial score (nSPS) is 19.4. The topological polar surface area (TPSA) is 88.8 Å². The molecule has 2 fully saturated rings. The first-order valence-electron chi connectivity index (χ1n) is 13.5. The van der Waals surface area contributed by atoms with Gasteiger partial charge in [-0.25, -0.2) is 0 Å². The van der Waals surface area contributed by atoms with E-state index in [1.165, 1.54) is 6.20 Å². The quantitative estimate of drug-likeness (QED) is 0.374. The van der Waals surface area contributed by atoms with Gasteiger partial charge < -0.3 is 20.2 Å². The molecule has 0 radical (unpaired) electrons. The van der Waals surface area contributed by atoms with Crippen LogP contribution in [0.4, 0.5) is 0 Å². The lowest BCUT2D eigenvalue weighted by Gasteiger charge is -2.52. The third-order valence-electron chi connectivity index (χ3n) is 7.58. The number of nitrogens with zero attached hydrogens (tertiary/aromatic N) is 3. The molecule has 38 heavy (non-hydrogen) atoms. The van der Waals surface area contributed by atoms with E-state index in [4.69, 9.17) is 4.74 Å². The standard InChI is InChI=1S/C29H40N4O4.ClH/c1-5-6-15-32-27(34)26(18-21(2)3)30-28(35)29(32)13-16-31(17-14-29)19-23-8-11-24(12-9-23)37-25-10-7-22(4)33(36)20-25;/h7-12,20-21,26H,5-6,13-19H2,1-4H3,(H,30,35);1H/t26-;/m0./s1. The summed E-state index contributed by atoms with van der Waals surface area (Å²) >= 11 is 0. The van der Waals surface area contributed by atoms with Gasteiger partial charge in [-0.05, 0) is 55.4 Å². The number of amides is 2. The molecule has 2 aliphatic heterocycles. The highest BCUT2D eigenvalue weighted by Gasteiger charge is 2.53. The molecule has 2 aliphatic rings. The summed E-state index contributed by atoms with van der Waals surface area (Å²) in [5.41, 5.74) is 1.03. The summed E-state index contributed by atoms with van der Waals surface area (Å²) < 4.78 is 6.61. The van der Waals surface area contributed by atoms with Crippen molar-refractivity contribution in [1.82, 2.24) is 15.1 Å². The minimum absolute atomic E-state index is 0. The smallest absolute Gasteiger partial charge is 0.246 e. The van der Waals surface area contributed by atoms with Crippen LogP contribution in [-0.2, 0) is 16.1 Å². The Kier molecular flexibility index (Phi) is 10.0. The van der Waals surface area contributed by atoms with Gasteiger partial charge in [0.25, 0.3) is 0 Å². The van der Waals surface area contributed by atoms with Gasteiger partial charge >= 0.3 is 0 Å². The van der Waals surface area contributed by atoms with E-state index in [2.05, 4.69) is 31.0 Å². The lowest BCUT2D eigenvalue weighted by atomic mass is 9.80. The van der Waals surface area contributed by atoms with Crippen molar-refractivity contribution < 1.29 is 19.1 Å². The van der Waals surface area contributed by atoms with Crippen LogP contribution in [0, 0.1) is 18.0 Å². The molecule has 1 aromatic carbocycles. The van der Waals surface area contributed by atoms with Crippen molar-refractivity contribution in [3.05, 3.63) is 59.1 Å². The van der Waals surface area contributed by atoms with Gasteiger partial charge in [0.1, 0.15) is 17.3 Å². The summed E-state index contributed by atoms with van der Waals surface area (Å²) in [6.07, 6.45) is 5.29. The maximum Gasteiger partial charge on any atom is 0.246 e. The van der Waals surface area contributed by atoms with Crippen LogP contribution in [0.1, 0.15) is 64.1 Å². The Morgan fingerprint density at radius 2 is 1.76 bits per heavy atom. The monoisotopic (exact) mass is 544 g/mol. The Bertz CT molecular complexity index is 1100. The Morgan fingerprint density at radius 1 is 1.11 bits per heavy atom.